The molecule has 5 nitrogen and oxygen atoms in total. The molecule has 26 heavy (non-hydrogen) atoms. The van der Waals surface area contributed by atoms with Crippen LogP contribution in [0, 0.1) is 13.8 Å². The summed E-state index contributed by atoms with van der Waals surface area (Å²) < 4.78 is 26.0. The Balaban J connectivity index is 1.80. The molecule has 0 saturated heterocycles. The maximum Gasteiger partial charge on any atom is 0.251 e. The zero-order chi connectivity index (χ0) is 18.9. The summed E-state index contributed by atoms with van der Waals surface area (Å²) in [4.78, 5) is 12.1. The molecular formula is C20H24N2O3S. The number of nitrogens with zero attached hydrogens (tertiary/aromatic N) is 1. The summed E-state index contributed by atoms with van der Waals surface area (Å²) in [5.41, 5.74) is 4.23. The highest BCUT2D eigenvalue weighted by atomic mass is 32.2. The molecule has 0 bridgehead atoms. The number of anilines is 1. The van der Waals surface area contributed by atoms with Gasteiger partial charge in [-0.15, -0.1) is 0 Å². The maximum atomic E-state index is 12.3. The van der Waals surface area contributed by atoms with Gasteiger partial charge in [0.25, 0.3) is 5.91 Å². The lowest BCUT2D eigenvalue weighted by Gasteiger charge is -2.23. The van der Waals surface area contributed by atoms with Crippen molar-refractivity contribution < 1.29 is 13.2 Å². The van der Waals surface area contributed by atoms with E-state index in [2.05, 4.69) is 5.32 Å². The average Bonchev–Trinajstić information content (AvgIpc) is 3.39. The van der Waals surface area contributed by atoms with E-state index in [4.69, 9.17) is 0 Å². The first-order valence-electron chi connectivity index (χ1n) is 8.69. The summed E-state index contributed by atoms with van der Waals surface area (Å²) in [6, 6.07) is 13.0. The minimum absolute atomic E-state index is 0.0758. The minimum atomic E-state index is -3.43. The number of carbonyl (C=O) groups is 1. The van der Waals surface area contributed by atoms with Crippen LogP contribution in [-0.4, -0.2) is 26.6 Å². The van der Waals surface area contributed by atoms with Gasteiger partial charge in [-0.05, 0) is 67.6 Å². The van der Waals surface area contributed by atoms with Crippen molar-refractivity contribution in [3.05, 3.63) is 64.7 Å². The van der Waals surface area contributed by atoms with Crippen molar-refractivity contribution in [3.63, 3.8) is 0 Å². The fourth-order valence-electron chi connectivity index (χ4n) is 2.70. The molecule has 2 aromatic rings. The van der Waals surface area contributed by atoms with Crippen LogP contribution in [0.25, 0.3) is 0 Å². The molecule has 1 aliphatic carbocycles. The molecule has 1 N–H and O–H groups in total. The molecule has 1 fully saturated rings. The Bertz CT molecular complexity index is 917. The van der Waals surface area contributed by atoms with E-state index < -0.39 is 10.0 Å². The summed E-state index contributed by atoms with van der Waals surface area (Å²) in [5, 5.41) is 2.95. The van der Waals surface area contributed by atoms with E-state index in [1.165, 1.54) is 10.6 Å². The number of hydrogen-bond donors (Lipinski definition) is 1. The molecule has 1 aliphatic rings. The molecule has 0 atom stereocenters. The SMILES string of the molecule is Cc1ccc(N(Cc2ccc(C(=O)NC3CC3)cc2)S(C)(=O)=O)cc1C. The summed E-state index contributed by atoms with van der Waals surface area (Å²) in [6.45, 7) is 4.19. The van der Waals surface area contributed by atoms with Gasteiger partial charge in [-0.3, -0.25) is 9.10 Å². The van der Waals surface area contributed by atoms with Crippen molar-refractivity contribution in [2.24, 2.45) is 0 Å². The molecular weight excluding hydrogens is 348 g/mol. The van der Waals surface area contributed by atoms with E-state index >= 15 is 0 Å². The Morgan fingerprint density at radius 2 is 1.73 bits per heavy atom. The molecule has 3 rings (SSSR count). The van der Waals surface area contributed by atoms with E-state index in [0.29, 0.717) is 17.3 Å². The van der Waals surface area contributed by atoms with Crippen LogP contribution in [0.3, 0.4) is 0 Å². The lowest BCUT2D eigenvalue weighted by Crippen LogP contribution is -2.29. The molecule has 1 saturated carbocycles. The van der Waals surface area contributed by atoms with Gasteiger partial charge in [0.15, 0.2) is 0 Å². The quantitative estimate of drug-likeness (QED) is 0.847. The smallest absolute Gasteiger partial charge is 0.251 e. The van der Waals surface area contributed by atoms with Gasteiger partial charge in [0, 0.05) is 11.6 Å². The van der Waals surface area contributed by atoms with Crippen molar-refractivity contribution in [2.45, 2.75) is 39.3 Å². The average molecular weight is 372 g/mol. The number of rotatable bonds is 6. The Hall–Kier alpha value is -2.34. The molecule has 0 aromatic heterocycles. The number of carbonyl (C=O) groups excluding carboxylic acids is 1. The molecule has 0 radical (unpaired) electrons. The number of benzene rings is 2. The van der Waals surface area contributed by atoms with E-state index in [1.807, 2.05) is 32.0 Å². The fourth-order valence-corrected chi connectivity index (χ4v) is 3.58. The second-order valence-electron chi connectivity index (χ2n) is 6.98. The molecule has 0 spiro atoms. The van der Waals surface area contributed by atoms with E-state index in [1.54, 1.807) is 24.3 Å². The predicted molar refractivity (Wildman–Crippen MR) is 104 cm³/mol. The second-order valence-corrected chi connectivity index (χ2v) is 8.89. The van der Waals surface area contributed by atoms with Crippen LogP contribution < -0.4 is 9.62 Å². The lowest BCUT2D eigenvalue weighted by molar-refractivity contribution is 0.0951. The van der Waals surface area contributed by atoms with E-state index in [0.717, 1.165) is 29.5 Å². The van der Waals surface area contributed by atoms with Crippen molar-refractivity contribution >= 4 is 21.6 Å². The van der Waals surface area contributed by atoms with Crippen LogP contribution in [0.15, 0.2) is 42.5 Å². The largest absolute Gasteiger partial charge is 0.349 e. The van der Waals surface area contributed by atoms with E-state index in [-0.39, 0.29) is 12.5 Å². The van der Waals surface area contributed by atoms with Crippen molar-refractivity contribution in [1.82, 2.24) is 5.32 Å². The highest BCUT2D eigenvalue weighted by molar-refractivity contribution is 7.92. The molecule has 0 aliphatic heterocycles. The number of amides is 1. The van der Waals surface area contributed by atoms with Gasteiger partial charge in [0.05, 0.1) is 18.5 Å². The van der Waals surface area contributed by atoms with Crippen LogP contribution in [0.1, 0.15) is 39.9 Å². The highest BCUT2D eigenvalue weighted by Gasteiger charge is 2.24. The predicted octanol–water partition coefficient (Wildman–Crippen LogP) is 3.16. The van der Waals surface area contributed by atoms with Crippen LogP contribution in [0.4, 0.5) is 5.69 Å². The Morgan fingerprint density at radius 3 is 2.27 bits per heavy atom. The molecule has 1 amide bonds. The second kappa shape index (κ2) is 7.11. The summed E-state index contributed by atoms with van der Waals surface area (Å²) in [7, 11) is -3.43. The third-order valence-electron chi connectivity index (χ3n) is 4.63. The van der Waals surface area contributed by atoms with Gasteiger partial charge >= 0.3 is 0 Å². The Kier molecular flexibility index (Phi) is 5.05. The Labute approximate surface area is 155 Å². The summed E-state index contributed by atoms with van der Waals surface area (Å²) >= 11 is 0. The molecule has 6 heteroatoms. The molecule has 2 aromatic carbocycles. The molecule has 0 unspecified atom stereocenters. The van der Waals surface area contributed by atoms with Crippen LogP contribution >= 0.6 is 0 Å². The fraction of sp³-hybridized carbons (Fsp3) is 0.350. The van der Waals surface area contributed by atoms with Crippen LogP contribution in [-0.2, 0) is 16.6 Å². The molecule has 138 valence electrons. The third-order valence-corrected chi connectivity index (χ3v) is 5.77. The standard InChI is InChI=1S/C20H24N2O3S/c1-14-4-11-19(12-15(14)2)22(26(3,24)25)13-16-5-7-17(8-6-16)20(23)21-18-9-10-18/h4-8,11-12,18H,9-10,13H2,1-3H3,(H,21,23). The van der Waals surface area contributed by atoms with Crippen LogP contribution in [0.5, 0.6) is 0 Å². The monoisotopic (exact) mass is 372 g/mol. The third kappa shape index (κ3) is 4.43. The zero-order valence-electron chi connectivity index (χ0n) is 15.3. The van der Waals surface area contributed by atoms with Crippen molar-refractivity contribution in [1.29, 1.82) is 0 Å². The summed E-state index contributed by atoms with van der Waals surface area (Å²) in [6.07, 6.45) is 3.30. The van der Waals surface area contributed by atoms with Crippen molar-refractivity contribution in [2.75, 3.05) is 10.6 Å². The lowest BCUT2D eigenvalue weighted by atomic mass is 10.1. The normalized spacial score (nSPS) is 14.1. The van der Waals surface area contributed by atoms with Gasteiger partial charge < -0.3 is 5.32 Å². The van der Waals surface area contributed by atoms with Gasteiger partial charge in [0.1, 0.15) is 0 Å². The topological polar surface area (TPSA) is 66.5 Å². The highest BCUT2D eigenvalue weighted by Crippen LogP contribution is 2.24. The summed E-state index contributed by atoms with van der Waals surface area (Å²) in [5.74, 6) is -0.0758. The first kappa shape index (κ1) is 18.5. The number of sulfonamides is 1. The van der Waals surface area contributed by atoms with E-state index in [9.17, 15) is 13.2 Å². The first-order chi connectivity index (χ1) is 12.2. The van der Waals surface area contributed by atoms with Gasteiger partial charge in [0.2, 0.25) is 10.0 Å². The molecule has 0 heterocycles. The number of aryl methyl sites for hydroxylation is 2. The van der Waals surface area contributed by atoms with Crippen molar-refractivity contribution in [3.8, 4) is 0 Å². The maximum absolute atomic E-state index is 12.3. The number of nitrogens with one attached hydrogen (secondary N) is 1. The first-order valence-corrected chi connectivity index (χ1v) is 10.5. The minimum Gasteiger partial charge on any atom is -0.349 e. The van der Waals surface area contributed by atoms with Gasteiger partial charge in [-0.2, -0.15) is 0 Å². The van der Waals surface area contributed by atoms with Gasteiger partial charge in [-0.25, -0.2) is 8.42 Å². The Morgan fingerprint density at radius 1 is 1.08 bits per heavy atom. The van der Waals surface area contributed by atoms with Crippen LogP contribution in [0.2, 0.25) is 0 Å². The van der Waals surface area contributed by atoms with Gasteiger partial charge in [-0.1, -0.05) is 18.2 Å². The zero-order valence-corrected chi connectivity index (χ0v) is 16.1. The number of hydrogen-bond acceptors (Lipinski definition) is 3.